The highest BCUT2D eigenvalue weighted by molar-refractivity contribution is 14.1. The van der Waals surface area contributed by atoms with E-state index in [4.69, 9.17) is 11.5 Å². The standard InChI is InChI=1S/C11H17IN6/c1-4-11(2,3)5-18-9-6(7(12)17-18)8(13)15-10(14)16-9/h4-5H2,1-3H3,(H4,13,14,15,16). The van der Waals surface area contributed by atoms with Crippen LogP contribution in [-0.2, 0) is 6.54 Å². The van der Waals surface area contributed by atoms with Gasteiger partial charge in [0.2, 0.25) is 5.95 Å². The van der Waals surface area contributed by atoms with E-state index in [0.29, 0.717) is 11.5 Å². The fourth-order valence-corrected chi connectivity index (χ4v) is 2.48. The molecule has 2 heterocycles. The second kappa shape index (κ2) is 4.52. The molecule has 2 aromatic rings. The van der Waals surface area contributed by atoms with Crippen molar-refractivity contribution >= 4 is 45.4 Å². The zero-order chi connectivity index (χ0) is 13.5. The van der Waals surface area contributed by atoms with E-state index < -0.39 is 0 Å². The molecular formula is C11H17IN6. The molecule has 0 spiro atoms. The number of nitrogens with two attached hydrogens (primary N) is 2. The summed E-state index contributed by atoms with van der Waals surface area (Å²) in [4.78, 5) is 8.24. The minimum absolute atomic E-state index is 0.149. The lowest BCUT2D eigenvalue weighted by molar-refractivity contribution is 0.284. The molecule has 0 bridgehead atoms. The molecule has 0 saturated carbocycles. The summed E-state index contributed by atoms with van der Waals surface area (Å²) < 4.78 is 2.68. The van der Waals surface area contributed by atoms with Gasteiger partial charge in [0, 0.05) is 6.54 Å². The molecule has 0 aliphatic carbocycles. The van der Waals surface area contributed by atoms with Crippen molar-refractivity contribution in [1.82, 2.24) is 19.7 Å². The van der Waals surface area contributed by atoms with Crippen LogP contribution in [-0.4, -0.2) is 19.7 Å². The lowest BCUT2D eigenvalue weighted by Crippen LogP contribution is -2.20. The molecule has 2 rings (SSSR count). The van der Waals surface area contributed by atoms with Crippen molar-refractivity contribution in [3.63, 3.8) is 0 Å². The zero-order valence-corrected chi connectivity index (χ0v) is 12.9. The van der Waals surface area contributed by atoms with E-state index >= 15 is 0 Å². The van der Waals surface area contributed by atoms with Gasteiger partial charge < -0.3 is 11.5 Å². The third kappa shape index (κ3) is 2.36. The van der Waals surface area contributed by atoms with Gasteiger partial charge in [-0.25, -0.2) is 4.68 Å². The Bertz CT molecular complexity index is 589. The molecular weight excluding hydrogens is 343 g/mol. The molecule has 4 N–H and O–H groups in total. The van der Waals surface area contributed by atoms with Gasteiger partial charge in [0.1, 0.15) is 9.52 Å². The van der Waals surface area contributed by atoms with E-state index in [1.54, 1.807) is 0 Å². The first-order valence-corrected chi connectivity index (χ1v) is 6.87. The summed E-state index contributed by atoms with van der Waals surface area (Å²) in [6, 6.07) is 0. The largest absolute Gasteiger partial charge is 0.383 e. The van der Waals surface area contributed by atoms with Crippen LogP contribution in [0.4, 0.5) is 11.8 Å². The quantitative estimate of drug-likeness (QED) is 0.817. The number of nitrogens with zero attached hydrogens (tertiary/aromatic N) is 4. The molecule has 0 atom stereocenters. The molecule has 6 nitrogen and oxygen atoms in total. The first-order valence-electron chi connectivity index (χ1n) is 5.79. The molecule has 18 heavy (non-hydrogen) atoms. The highest BCUT2D eigenvalue weighted by Crippen LogP contribution is 2.28. The van der Waals surface area contributed by atoms with E-state index in [9.17, 15) is 0 Å². The van der Waals surface area contributed by atoms with Crippen molar-refractivity contribution in [2.45, 2.75) is 33.7 Å². The summed E-state index contributed by atoms with van der Waals surface area (Å²) in [5.74, 6) is 0.578. The third-order valence-corrected chi connectivity index (χ3v) is 3.88. The van der Waals surface area contributed by atoms with Crippen molar-refractivity contribution in [2.24, 2.45) is 5.41 Å². The van der Waals surface area contributed by atoms with Gasteiger partial charge in [0.15, 0.2) is 5.65 Å². The van der Waals surface area contributed by atoms with Gasteiger partial charge in [-0.1, -0.05) is 20.8 Å². The molecule has 0 amide bonds. The second-order valence-corrected chi connectivity index (χ2v) is 6.15. The molecule has 0 fully saturated rings. The van der Waals surface area contributed by atoms with Crippen LogP contribution >= 0.6 is 22.6 Å². The van der Waals surface area contributed by atoms with E-state index in [2.05, 4.69) is 58.4 Å². The number of hydrogen-bond donors (Lipinski definition) is 2. The van der Waals surface area contributed by atoms with E-state index in [1.807, 2.05) is 4.68 Å². The highest BCUT2D eigenvalue weighted by atomic mass is 127. The molecule has 0 aromatic carbocycles. The first-order chi connectivity index (χ1) is 8.34. The molecule has 0 aliphatic heterocycles. The molecule has 2 aromatic heterocycles. The Morgan fingerprint density at radius 3 is 2.56 bits per heavy atom. The highest BCUT2D eigenvalue weighted by Gasteiger charge is 2.21. The predicted octanol–water partition coefficient (Wildman–Crippen LogP) is 2.03. The van der Waals surface area contributed by atoms with Crippen molar-refractivity contribution < 1.29 is 0 Å². The van der Waals surface area contributed by atoms with Gasteiger partial charge in [0.05, 0.1) is 5.39 Å². The molecule has 7 heteroatoms. The van der Waals surface area contributed by atoms with Crippen LogP contribution in [0.2, 0.25) is 0 Å². The summed E-state index contributed by atoms with van der Waals surface area (Å²) >= 11 is 2.15. The Morgan fingerprint density at radius 1 is 1.28 bits per heavy atom. The van der Waals surface area contributed by atoms with Crippen LogP contribution in [0.15, 0.2) is 0 Å². The van der Waals surface area contributed by atoms with Crippen LogP contribution in [0, 0.1) is 9.12 Å². The normalized spacial score (nSPS) is 12.2. The summed E-state index contributed by atoms with van der Waals surface area (Å²) in [6.07, 6.45) is 1.06. The number of anilines is 2. The van der Waals surface area contributed by atoms with Crippen molar-refractivity contribution in [1.29, 1.82) is 0 Å². The number of rotatable bonds is 3. The minimum Gasteiger partial charge on any atom is -0.383 e. The van der Waals surface area contributed by atoms with Crippen LogP contribution in [0.3, 0.4) is 0 Å². The van der Waals surface area contributed by atoms with Gasteiger partial charge in [0.25, 0.3) is 0 Å². The Kier molecular flexibility index (Phi) is 3.35. The monoisotopic (exact) mass is 360 g/mol. The number of fused-ring (bicyclic) bond motifs is 1. The number of halogens is 1. The smallest absolute Gasteiger partial charge is 0.224 e. The summed E-state index contributed by atoms with van der Waals surface area (Å²) in [7, 11) is 0. The fourth-order valence-electron chi connectivity index (χ4n) is 1.70. The predicted molar refractivity (Wildman–Crippen MR) is 80.9 cm³/mol. The van der Waals surface area contributed by atoms with E-state index in [1.165, 1.54) is 0 Å². The van der Waals surface area contributed by atoms with Crippen LogP contribution in [0.25, 0.3) is 11.0 Å². The lowest BCUT2D eigenvalue weighted by Gasteiger charge is -2.22. The van der Waals surface area contributed by atoms with Crippen LogP contribution < -0.4 is 11.5 Å². The van der Waals surface area contributed by atoms with Gasteiger partial charge in [-0.2, -0.15) is 15.1 Å². The average molecular weight is 360 g/mol. The fraction of sp³-hybridized carbons (Fsp3) is 0.545. The molecule has 0 saturated heterocycles. The van der Waals surface area contributed by atoms with E-state index in [0.717, 1.165) is 22.1 Å². The maximum Gasteiger partial charge on any atom is 0.224 e. The molecule has 0 aliphatic rings. The number of nitrogen functional groups attached to an aromatic ring is 2. The SMILES string of the molecule is CCC(C)(C)Cn1nc(I)c2c(N)nc(N)nc21. The van der Waals surface area contributed by atoms with Crippen LogP contribution in [0.1, 0.15) is 27.2 Å². The molecule has 0 unspecified atom stereocenters. The summed E-state index contributed by atoms with van der Waals surface area (Å²) in [6.45, 7) is 7.33. The van der Waals surface area contributed by atoms with Gasteiger partial charge in [-0.15, -0.1) is 0 Å². The Balaban J connectivity index is 2.59. The van der Waals surface area contributed by atoms with Crippen molar-refractivity contribution in [3.05, 3.63) is 3.70 Å². The minimum atomic E-state index is 0.149. The molecule has 0 radical (unpaired) electrons. The lowest BCUT2D eigenvalue weighted by atomic mass is 9.90. The van der Waals surface area contributed by atoms with Crippen molar-refractivity contribution in [3.8, 4) is 0 Å². The summed E-state index contributed by atoms with van der Waals surface area (Å²) in [5, 5.41) is 5.28. The van der Waals surface area contributed by atoms with Gasteiger partial charge in [-0.3, -0.25) is 0 Å². The van der Waals surface area contributed by atoms with Crippen LogP contribution in [0.5, 0.6) is 0 Å². The number of aromatic nitrogens is 4. The summed E-state index contributed by atoms with van der Waals surface area (Å²) in [5.41, 5.74) is 12.4. The second-order valence-electron chi connectivity index (χ2n) is 5.13. The maximum absolute atomic E-state index is 5.88. The van der Waals surface area contributed by atoms with Gasteiger partial charge >= 0.3 is 0 Å². The van der Waals surface area contributed by atoms with Crippen molar-refractivity contribution in [2.75, 3.05) is 11.5 Å². The van der Waals surface area contributed by atoms with E-state index in [-0.39, 0.29) is 11.4 Å². The Hall–Kier alpha value is -1.12. The topological polar surface area (TPSA) is 95.6 Å². The maximum atomic E-state index is 5.88. The number of hydrogen-bond acceptors (Lipinski definition) is 5. The molecule has 98 valence electrons. The zero-order valence-electron chi connectivity index (χ0n) is 10.7. The first kappa shape index (κ1) is 13.3. The Labute approximate surface area is 119 Å². The average Bonchev–Trinajstić information content (AvgIpc) is 2.55. The Morgan fingerprint density at radius 2 is 1.94 bits per heavy atom. The van der Waals surface area contributed by atoms with Gasteiger partial charge in [-0.05, 0) is 34.4 Å². The third-order valence-electron chi connectivity index (χ3n) is 3.13.